The van der Waals surface area contributed by atoms with Crippen LogP contribution in [0, 0.1) is 0 Å². The summed E-state index contributed by atoms with van der Waals surface area (Å²) in [4.78, 5) is 50.8. The van der Waals surface area contributed by atoms with Crippen molar-refractivity contribution in [2.75, 3.05) is 13.2 Å². The highest BCUT2D eigenvalue weighted by molar-refractivity contribution is 6.35. The van der Waals surface area contributed by atoms with Crippen molar-refractivity contribution < 1.29 is 19.1 Å². The average Bonchev–Trinajstić information content (AvgIpc) is 3.70. The predicted molar refractivity (Wildman–Crippen MR) is 207 cm³/mol. The molecule has 3 aliphatic rings. The predicted octanol–water partition coefficient (Wildman–Crippen LogP) is 4.55. The highest BCUT2D eigenvalue weighted by Gasteiger charge is 2.54. The number of carbonyl (C=O) groups is 3. The summed E-state index contributed by atoms with van der Waals surface area (Å²) in [5, 5.41) is 9.39. The van der Waals surface area contributed by atoms with Gasteiger partial charge in [0, 0.05) is 29.6 Å². The molecule has 0 spiro atoms. The third-order valence-corrected chi connectivity index (χ3v) is 11.1. The fourth-order valence-electron chi connectivity index (χ4n) is 7.83. The zero-order chi connectivity index (χ0) is 37.1. The summed E-state index contributed by atoms with van der Waals surface area (Å²) in [5.41, 5.74) is 14.0. The van der Waals surface area contributed by atoms with Crippen molar-refractivity contribution in [2.24, 2.45) is 16.5 Å². The summed E-state index contributed by atoms with van der Waals surface area (Å²) in [6, 6.07) is 24.5. The molecule has 3 amide bonds. The summed E-state index contributed by atoms with van der Waals surface area (Å²) in [7, 11) is 0. The number of hydrogen-bond acceptors (Lipinski definition) is 6. The molecule has 0 saturated carbocycles. The number of nitrogens with one attached hydrogen (secondary N) is 2. The molecule has 4 aromatic carbocycles. The maximum atomic E-state index is 14.9. The zero-order valence-electron chi connectivity index (χ0n) is 29.2. The molecule has 0 radical (unpaired) electrons. The number of rotatable bonds is 12. The molecule has 0 bridgehead atoms. The number of amides is 3. The normalized spacial score (nSPS) is 21.2. The van der Waals surface area contributed by atoms with E-state index in [9.17, 15) is 14.4 Å². The van der Waals surface area contributed by atoms with Crippen LogP contribution in [-0.2, 0) is 33.8 Å². The Morgan fingerprint density at radius 1 is 0.962 bits per heavy atom. The topological polar surface area (TPSA) is 155 Å². The van der Waals surface area contributed by atoms with E-state index in [1.54, 1.807) is 28.0 Å². The van der Waals surface area contributed by atoms with Gasteiger partial charge in [-0.25, -0.2) is 0 Å². The van der Waals surface area contributed by atoms with E-state index in [4.69, 9.17) is 39.4 Å². The van der Waals surface area contributed by atoms with Crippen LogP contribution in [0.1, 0.15) is 42.4 Å². The summed E-state index contributed by atoms with van der Waals surface area (Å²) < 4.78 is 6.27. The lowest BCUT2D eigenvalue weighted by molar-refractivity contribution is -0.141. The van der Waals surface area contributed by atoms with E-state index in [-0.39, 0.29) is 42.8 Å². The van der Waals surface area contributed by atoms with Gasteiger partial charge in [-0.15, -0.1) is 0 Å². The second kappa shape index (κ2) is 16.0. The third-order valence-electron chi connectivity index (χ3n) is 10.5. The standard InChI is InChI=1S/C40H43Cl2N7O4/c41-29-13-11-27(32(42)21-29)20-34(47-37(50)33-19-26-8-3-4-9-28(26)22-46-33)38(51)49-35(10-5-17-45-40(43)44)39(52)48-30(14-16-36(48)49)23-53-31-15-12-24-6-1-2-7-25(24)18-31/h1-4,6-9,11-13,15,18,21,30,33-36,46H,5,10,14,16-17,19-20,22-23H2,(H,47,50)(H4,43,44,45)/t30-,33?,34-,35?,36?/m1/s1. The highest BCUT2D eigenvalue weighted by Crippen LogP contribution is 2.38. The van der Waals surface area contributed by atoms with Crippen LogP contribution in [0.15, 0.2) is 89.9 Å². The molecule has 6 N–H and O–H groups in total. The lowest BCUT2D eigenvalue weighted by Gasteiger charge is -2.33. The Hall–Kier alpha value is -4.84. The number of carbonyl (C=O) groups excluding carboxylic acids is 3. The van der Waals surface area contributed by atoms with Crippen molar-refractivity contribution in [1.82, 2.24) is 20.4 Å². The van der Waals surface area contributed by atoms with Crippen molar-refractivity contribution in [2.45, 2.75) is 75.4 Å². The Bertz CT molecular complexity index is 2040. The lowest BCUT2D eigenvalue weighted by atomic mass is 9.95. The molecule has 7 rings (SSSR count). The van der Waals surface area contributed by atoms with Crippen LogP contribution in [0.5, 0.6) is 5.75 Å². The largest absolute Gasteiger partial charge is 0.491 e. The molecule has 2 saturated heterocycles. The van der Waals surface area contributed by atoms with Crippen LogP contribution in [0.4, 0.5) is 0 Å². The highest BCUT2D eigenvalue weighted by atomic mass is 35.5. The molecular formula is C40H43Cl2N7O4. The Balaban J connectivity index is 1.14. The van der Waals surface area contributed by atoms with Crippen LogP contribution >= 0.6 is 23.2 Å². The van der Waals surface area contributed by atoms with Gasteiger partial charge in [0.2, 0.25) is 17.7 Å². The first-order valence-electron chi connectivity index (χ1n) is 18.0. The molecule has 3 aliphatic heterocycles. The van der Waals surface area contributed by atoms with E-state index in [1.165, 1.54) is 0 Å². The first-order chi connectivity index (χ1) is 25.7. The van der Waals surface area contributed by atoms with Gasteiger partial charge in [0.05, 0.1) is 12.1 Å². The van der Waals surface area contributed by atoms with E-state index in [1.807, 2.05) is 66.7 Å². The summed E-state index contributed by atoms with van der Waals surface area (Å²) in [5.74, 6) is -0.143. The number of nitrogens with two attached hydrogens (primary N) is 2. The van der Waals surface area contributed by atoms with Crippen LogP contribution in [-0.4, -0.2) is 77.0 Å². The van der Waals surface area contributed by atoms with Crippen LogP contribution in [0.25, 0.3) is 10.8 Å². The van der Waals surface area contributed by atoms with Gasteiger partial charge in [0.1, 0.15) is 30.6 Å². The Kier molecular flexibility index (Phi) is 11.0. The van der Waals surface area contributed by atoms with Gasteiger partial charge < -0.3 is 36.6 Å². The summed E-state index contributed by atoms with van der Waals surface area (Å²) in [6.07, 6.45) is 2.12. The molecule has 13 heteroatoms. The minimum Gasteiger partial charge on any atom is -0.491 e. The van der Waals surface area contributed by atoms with Crippen molar-refractivity contribution in [3.05, 3.63) is 112 Å². The first kappa shape index (κ1) is 36.5. The second-order valence-electron chi connectivity index (χ2n) is 13.9. The van der Waals surface area contributed by atoms with Crippen molar-refractivity contribution in [3.8, 4) is 5.75 Å². The van der Waals surface area contributed by atoms with Gasteiger partial charge in [-0.05, 0) is 83.8 Å². The number of hydrogen-bond donors (Lipinski definition) is 4. The molecule has 53 heavy (non-hydrogen) atoms. The van der Waals surface area contributed by atoms with Gasteiger partial charge in [-0.3, -0.25) is 19.4 Å². The Morgan fingerprint density at radius 2 is 1.74 bits per heavy atom. The van der Waals surface area contributed by atoms with Crippen LogP contribution in [0.2, 0.25) is 10.0 Å². The average molecular weight is 757 g/mol. The fraction of sp³-hybridized carbons (Fsp3) is 0.350. The fourth-order valence-corrected chi connectivity index (χ4v) is 8.32. The number of guanidine groups is 1. The monoisotopic (exact) mass is 755 g/mol. The molecule has 0 aliphatic carbocycles. The van der Waals surface area contributed by atoms with Crippen molar-refractivity contribution in [3.63, 3.8) is 0 Å². The number of fused-ring (bicyclic) bond motifs is 3. The Labute approximate surface area is 318 Å². The molecule has 3 unspecified atom stereocenters. The molecule has 5 atom stereocenters. The first-order valence-corrected chi connectivity index (χ1v) is 18.8. The summed E-state index contributed by atoms with van der Waals surface area (Å²) in [6.45, 7) is 1.12. The molecule has 2 fully saturated rings. The van der Waals surface area contributed by atoms with Gasteiger partial charge in [0.25, 0.3) is 0 Å². The lowest BCUT2D eigenvalue weighted by Crippen LogP contribution is -2.57. The van der Waals surface area contributed by atoms with E-state index in [0.29, 0.717) is 66.6 Å². The number of halogens is 2. The number of ether oxygens (including phenoxy) is 1. The molecule has 276 valence electrons. The summed E-state index contributed by atoms with van der Waals surface area (Å²) >= 11 is 12.8. The van der Waals surface area contributed by atoms with Gasteiger partial charge in [-0.2, -0.15) is 0 Å². The van der Waals surface area contributed by atoms with Crippen molar-refractivity contribution >= 4 is 57.7 Å². The van der Waals surface area contributed by atoms with Crippen LogP contribution < -0.4 is 26.8 Å². The molecule has 11 nitrogen and oxygen atoms in total. The smallest absolute Gasteiger partial charge is 0.247 e. The van der Waals surface area contributed by atoms with Gasteiger partial charge in [-0.1, -0.05) is 83.9 Å². The minimum atomic E-state index is -1.01. The molecule has 4 aromatic rings. The van der Waals surface area contributed by atoms with E-state index >= 15 is 0 Å². The SMILES string of the molecule is NC(N)=NCCCC1C(=O)N2C(CC[C@@H]2COc2ccc3ccccc3c2)N1C(=O)[C@@H](Cc1ccc(Cl)cc1Cl)NC(=O)C1Cc2ccccc2CN1. The van der Waals surface area contributed by atoms with Gasteiger partial charge in [0.15, 0.2) is 5.96 Å². The van der Waals surface area contributed by atoms with Crippen LogP contribution in [0.3, 0.4) is 0 Å². The van der Waals surface area contributed by atoms with Crippen molar-refractivity contribution in [1.29, 1.82) is 0 Å². The second-order valence-corrected chi connectivity index (χ2v) is 14.7. The number of aliphatic imine (C=N–C) groups is 1. The molecular weight excluding hydrogens is 713 g/mol. The molecule has 3 heterocycles. The minimum absolute atomic E-state index is 0.0382. The van der Waals surface area contributed by atoms with E-state index in [2.05, 4.69) is 15.6 Å². The maximum Gasteiger partial charge on any atom is 0.247 e. The molecule has 0 aromatic heterocycles. The van der Waals surface area contributed by atoms with E-state index < -0.39 is 24.3 Å². The van der Waals surface area contributed by atoms with Gasteiger partial charge >= 0.3 is 0 Å². The third kappa shape index (κ3) is 8.07. The number of benzene rings is 4. The zero-order valence-corrected chi connectivity index (χ0v) is 30.7. The Morgan fingerprint density at radius 3 is 2.53 bits per heavy atom. The maximum absolute atomic E-state index is 14.9. The number of nitrogens with zero attached hydrogens (tertiary/aromatic N) is 3. The quantitative estimate of drug-likeness (QED) is 0.0940. The van der Waals surface area contributed by atoms with E-state index in [0.717, 1.165) is 21.9 Å².